The van der Waals surface area contributed by atoms with E-state index < -0.39 is 0 Å². The van der Waals surface area contributed by atoms with E-state index in [0.29, 0.717) is 16.9 Å². The van der Waals surface area contributed by atoms with Gasteiger partial charge in [0, 0.05) is 12.3 Å². The molecule has 0 aliphatic carbocycles. The topological polar surface area (TPSA) is 75.5 Å². The van der Waals surface area contributed by atoms with E-state index in [2.05, 4.69) is 32.1 Å². The van der Waals surface area contributed by atoms with Gasteiger partial charge in [0.2, 0.25) is 5.91 Å². The summed E-state index contributed by atoms with van der Waals surface area (Å²) in [5.41, 5.74) is 0.825. The van der Waals surface area contributed by atoms with Crippen LogP contribution in [0.1, 0.15) is 12.6 Å². The van der Waals surface area contributed by atoms with E-state index in [1.165, 1.54) is 11.8 Å². The molecule has 0 radical (unpaired) electrons. The SMILES string of the molecule is CC[NH+]1CCN(c2cc(Cl)nc(SCC(=O)NCc3ccccn3)n2)CC1. The predicted molar refractivity (Wildman–Crippen MR) is 107 cm³/mol. The van der Waals surface area contributed by atoms with Crippen molar-refractivity contribution in [3.8, 4) is 0 Å². The van der Waals surface area contributed by atoms with Gasteiger partial charge in [-0.3, -0.25) is 9.78 Å². The largest absolute Gasteiger partial charge is 0.350 e. The van der Waals surface area contributed by atoms with E-state index in [9.17, 15) is 4.79 Å². The smallest absolute Gasteiger partial charge is 0.230 e. The average Bonchev–Trinajstić information content (AvgIpc) is 2.71. The van der Waals surface area contributed by atoms with E-state index >= 15 is 0 Å². The summed E-state index contributed by atoms with van der Waals surface area (Å²) >= 11 is 7.47. The predicted octanol–water partition coefficient (Wildman–Crippen LogP) is 0.658. The van der Waals surface area contributed by atoms with Gasteiger partial charge in [-0.05, 0) is 19.1 Å². The summed E-state index contributed by atoms with van der Waals surface area (Å²) in [6.45, 7) is 7.85. The second kappa shape index (κ2) is 9.87. The fourth-order valence-corrected chi connectivity index (χ4v) is 3.80. The van der Waals surface area contributed by atoms with Gasteiger partial charge in [-0.2, -0.15) is 0 Å². The highest BCUT2D eigenvalue weighted by atomic mass is 35.5. The summed E-state index contributed by atoms with van der Waals surface area (Å²) in [6.07, 6.45) is 1.71. The molecule has 1 aliphatic rings. The Morgan fingerprint density at radius 1 is 1.33 bits per heavy atom. The lowest BCUT2D eigenvalue weighted by Gasteiger charge is -2.32. The molecule has 2 N–H and O–H groups in total. The standard InChI is InChI=1S/C18H23ClN6OS/c1-2-24-7-9-25(10-8-24)16-11-15(19)22-18(23-16)27-13-17(26)21-12-14-5-3-4-6-20-14/h3-6,11H,2,7-10,12-13H2,1H3,(H,21,26)/p+1. The lowest BCUT2D eigenvalue weighted by atomic mass is 10.3. The normalized spacial score (nSPS) is 15.0. The van der Waals surface area contributed by atoms with Gasteiger partial charge in [0.1, 0.15) is 11.0 Å². The monoisotopic (exact) mass is 407 g/mol. The van der Waals surface area contributed by atoms with Crippen molar-refractivity contribution >= 4 is 35.1 Å². The molecule has 1 saturated heterocycles. The van der Waals surface area contributed by atoms with Crippen molar-refractivity contribution in [1.82, 2.24) is 20.3 Å². The Bertz CT molecular complexity index is 755. The third kappa shape index (κ3) is 6.05. The quantitative estimate of drug-likeness (QED) is 0.399. The lowest BCUT2D eigenvalue weighted by molar-refractivity contribution is -0.898. The molecule has 2 aromatic rings. The Hall–Kier alpha value is -1.90. The molecule has 0 unspecified atom stereocenters. The summed E-state index contributed by atoms with van der Waals surface area (Å²) < 4.78 is 0. The van der Waals surface area contributed by atoms with Crippen molar-refractivity contribution in [1.29, 1.82) is 0 Å². The highest BCUT2D eigenvalue weighted by molar-refractivity contribution is 7.99. The number of thioether (sulfide) groups is 1. The summed E-state index contributed by atoms with van der Waals surface area (Å²) in [7, 11) is 0. The summed E-state index contributed by atoms with van der Waals surface area (Å²) in [5.74, 6) is 0.984. The molecule has 0 saturated carbocycles. The maximum absolute atomic E-state index is 12.1. The van der Waals surface area contributed by atoms with Gasteiger partial charge in [-0.25, -0.2) is 9.97 Å². The molecule has 1 fully saturated rings. The number of piperazine rings is 1. The zero-order valence-electron chi connectivity index (χ0n) is 15.3. The summed E-state index contributed by atoms with van der Waals surface area (Å²) in [4.78, 5) is 28.9. The fraction of sp³-hybridized carbons (Fsp3) is 0.444. The van der Waals surface area contributed by atoms with Gasteiger partial charge < -0.3 is 15.1 Å². The first-order valence-corrected chi connectivity index (χ1v) is 10.4. The minimum absolute atomic E-state index is 0.0871. The molecular weight excluding hydrogens is 384 g/mol. The minimum Gasteiger partial charge on any atom is -0.350 e. The molecule has 2 aromatic heterocycles. The molecule has 3 heterocycles. The van der Waals surface area contributed by atoms with Crippen molar-refractivity contribution in [2.24, 2.45) is 0 Å². The number of carbonyl (C=O) groups excluding carboxylic acids is 1. The van der Waals surface area contributed by atoms with E-state index in [1.807, 2.05) is 18.2 Å². The minimum atomic E-state index is -0.0871. The van der Waals surface area contributed by atoms with Gasteiger partial charge in [0.25, 0.3) is 0 Å². The van der Waals surface area contributed by atoms with Gasteiger partial charge >= 0.3 is 0 Å². The maximum Gasteiger partial charge on any atom is 0.230 e. The molecule has 0 spiro atoms. The van der Waals surface area contributed by atoms with E-state index in [-0.39, 0.29) is 11.7 Å². The first kappa shape index (κ1) is 19.9. The Morgan fingerprint density at radius 2 is 2.15 bits per heavy atom. The molecule has 7 nitrogen and oxygen atoms in total. The van der Waals surface area contributed by atoms with Crippen LogP contribution in [-0.4, -0.2) is 59.3 Å². The van der Waals surface area contributed by atoms with Crippen LogP contribution in [0.4, 0.5) is 5.82 Å². The number of rotatable bonds is 7. The number of quaternary nitrogens is 1. The van der Waals surface area contributed by atoms with Crippen molar-refractivity contribution in [3.05, 3.63) is 41.3 Å². The number of likely N-dealkylation sites (N-methyl/N-ethyl adjacent to an activating group) is 1. The van der Waals surface area contributed by atoms with Crippen molar-refractivity contribution < 1.29 is 9.69 Å². The summed E-state index contributed by atoms with van der Waals surface area (Å²) in [6, 6.07) is 7.41. The molecule has 0 bridgehead atoms. The van der Waals surface area contributed by atoms with Crippen LogP contribution < -0.4 is 15.1 Å². The molecule has 1 amide bonds. The number of nitrogens with one attached hydrogen (secondary N) is 2. The number of anilines is 1. The second-order valence-corrected chi connectivity index (χ2v) is 7.64. The number of hydrogen-bond acceptors (Lipinski definition) is 6. The zero-order valence-corrected chi connectivity index (χ0v) is 16.9. The summed E-state index contributed by atoms with van der Waals surface area (Å²) in [5, 5.41) is 3.78. The number of carbonyl (C=O) groups is 1. The highest BCUT2D eigenvalue weighted by Gasteiger charge is 2.20. The van der Waals surface area contributed by atoms with Gasteiger partial charge in [0.15, 0.2) is 5.16 Å². The lowest BCUT2D eigenvalue weighted by Crippen LogP contribution is -3.14. The Morgan fingerprint density at radius 3 is 2.85 bits per heavy atom. The number of hydrogen-bond donors (Lipinski definition) is 2. The zero-order chi connectivity index (χ0) is 19.1. The Balaban J connectivity index is 1.52. The molecule has 1 aliphatic heterocycles. The van der Waals surface area contributed by atoms with Crippen LogP contribution in [0, 0.1) is 0 Å². The van der Waals surface area contributed by atoms with Crippen LogP contribution in [0.2, 0.25) is 5.15 Å². The third-order valence-corrected chi connectivity index (χ3v) is 5.52. The van der Waals surface area contributed by atoms with Crippen LogP contribution >= 0.6 is 23.4 Å². The van der Waals surface area contributed by atoms with Crippen molar-refractivity contribution in [2.45, 2.75) is 18.6 Å². The second-order valence-electron chi connectivity index (χ2n) is 6.31. The van der Waals surface area contributed by atoms with E-state index in [1.54, 1.807) is 17.2 Å². The van der Waals surface area contributed by atoms with E-state index in [4.69, 9.17) is 11.6 Å². The van der Waals surface area contributed by atoms with Crippen molar-refractivity contribution in [2.75, 3.05) is 43.4 Å². The molecule has 27 heavy (non-hydrogen) atoms. The van der Waals surface area contributed by atoms with Crippen LogP contribution in [0.3, 0.4) is 0 Å². The third-order valence-electron chi connectivity index (χ3n) is 4.48. The Labute approximate surface area is 168 Å². The number of halogens is 1. The number of nitrogens with zero attached hydrogens (tertiary/aromatic N) is 4. The molecular formula is C18H24ClN6OS+. The number of pyridine rings is 1. The van der Waals surface area contributed by atoms with Crippen LogP contribution in [0.5, 0.6) is 0 Å². The number of amides is 1. The highest BCUT2D eigenvalue weighted by Crippen LogP contribution is 2.21. The van der Waals surface area contributed by atoms with Gasteiger partial charge in [-0.15, -0.1) is 0 Å². The average molecular weight is 408 g/mol. The first-order chi connectivity index (χ1) is 13.1. The van der Waals surface area contributed by atoms with E-state index in [0.717, 1.165) is 44.2 Å². The van der Waals surface area contributed by atoms with Crippen molar-refractivity contribution in [3.63, 3.8) is 0 Å². The molecule has 0 atom stereocenters. The number of aromatic nitrogens is 3. The van der Waals surface area contributed by atoms with Crippen LogP contribution in [0.15, 0.2) is 35.6 Å². The Kier molecular flexibility index (Phi) is 7.25. The van der Waals surface area contributed by atoms with Gasteiger partial charge in [-0.1, -0.05) is 29.4 Å². The maximum atomic E-state index is 12.1. The van der Waals surface area contributed by atoms with Crippen LogP contribution in [-0.2, 0) is 11.3 Å². The fourth-order valence-electron chi connectivity index (χ4n) is 2.89. The molecule has 0 aromatic carbocycles. The first-order valence-electron chi connectivity index (χ1n) is 9.06. The van der Waals surface area contributed by atoms with Crippen LogP contribution in [0.25, 0.3) is 0 Å². The molecule has 9 heteroatoms. The molecule has 3 rings (SSSR count). The molecule has 144 valence electrons. The van der Waals surface area contributed by atoms with Gasteiger partial charge in [0.05, 0.1) is 50.7 Å².